The molecule has 1 aromatic heterocycles. The van der Waals surface area contributed by atoms with Crippen LogP contribution in [0.3, 0.4) is 0 Å². The summed E-state index contributed by atoms with van der Waals surface area (Å²) in [5, 5.41) is 2.52. The van der Waals surface area contributed by atoms with Crippen molar-refractivity contribution in [2.45, 2.75) is 37.0 Å². The Labute approximate surface area is 155 Å². The van der Waals surface area contributed by atoms with E-state index < -0.39 is 5.82 Å². The number of rotatable bonds is 4. The molecule has 3 aliphatic rings. The molecule has 138 valence electrons. The minimum atomic E-state index is -0.572. The van der Waals surface area contributed by atoms with Crippen molar-refractivity contribution in [3.63, 3.8) is 0 Å². The molecule has 0 atom stereocenters. The average Bonchev–Trinajstić information content (AvgIpc) is 3.57. The van der Waals surface area contributed by atoms with Crippen LogP contribution in [-0.4, -0.2) is 39.8 Å². The number of benzene rings is 1. The van der Waals surface area contributed by atoms with Gasteiger partial charge >= 0.3 is 0 Å². The molecule has 7 heteroatoms. The highest BCUT2D eigenvalue weighted by Crippen LogP contribution is 2.53. The fraction of sp³-hybridized carbons (Fsp3) is 0.400. The first kappa shape index (κ1) is 16.4. The SMILES string of the molecule is O=C(CN1CC2(CC2)c2cc(C3CC3)ccc2C1=O)Nc1ncc(F)cn1. The quantitative estimate of drug-likeness (QED) is 0.903. The Bertz CT molecular complexity index is 935. The Balaban J connectivity index is 1.35. The molecular weight excluding hydrogens is 347 g/mol. The highest BCUT2D eigenvalue weighted by Gasteiger charge is 2.51. The number of carbonyl (C=O) groups is 2. The van der Waals surface area contributed by atoms with Crippen molar-refractivity contribution in [2.24, 2.45) is 0 Å². The van der Waals surface area contributed by atoms with E-state index in [4.69, 9.17) is 0 Å². The lowest BCUT2D eigenvalue weighted by Crippen LogP contribution is -2.46. The van der Waals surface area contributed by atoms with E-state index in [1.54, 1.807) is 4.90 Å². The largest absolute Gasteiger partial charge is 0.328 e. The summed E-state index contributed by atoms with van der Waals surface area (Å²) in [7, 11) is 0. The monoisotopic (exact) mass is 366 g/mol. The van der Waals surface area contributed by atoms with Crippen LogP contribution in [0.4, 0.5) is 10.3 Å². The Kier molecular flexibility index (Phi) is 3.54. The second-order valence-corrected chi connectivity index (χ2v) is 7.79. The molecule has 2 amide bonds. The van der Waals surface area contributed by atoms with Gasteiger partial charge in [-0.1, -0.05) is 12.1 Å². The molecule has 6 nitrogen and oxygen atoms in total. The molecule has 1 aliphatic heterocycles. The topological polar surface area (TPSA) is 75.2 Å². The number of nitrogens with one attached hydrogen (secondary N) is 1. The number of carbonyl (C=O) groups excluding carboxylic acids is 2. The van der Waals surface area contributed by atoms with Crippen molar-refractivity contribution in [1.82, 2.24) is 14.9 Å². The van der Waals surface area contributed by atoms with Crippen LogP contribution in [0.5, 0.6) is 0 Å². The number of nitrogens with zero attached hydrogens (tertiary/aromatic N) is 3. The first-order chi connectivity index (χ1) is 13.0. The van der Waals surface area contributed by atoms with E-state index in [1.807, 2.05) is 6.07 Å². The lowest BCUT2D eigenvalue weighted by atomic mass is 9.84. The molecule has 2 aromatic rings. The summed E-state index contributed by atoms with van der Waals surface area (Å²) < 4.78 is 12.9. The molecule has 5 rings (SSSR count). The van der Waals surface area contributed by atoms with Crippen molar-refractivity contribution >= 4 is 17.8 Å². The number of hydrogen-bond acceptors (Lipinski definition) is 4. The van der Waals surface area contributed by atoms with Crippen molar-refractivity contribution in [2.75, 3.05) is 18.4 Å². The summed E-state index contributed by atoms with van der Waals surface area (Å²) in [6, 6.07) is 6.21. The number of anilines is 1. The van der Waals surface area contributed by atoms with Gasteiger partial charge in [-0.15, -0.1) is 0 Å². The minimum Gasteiger partial charge on any atom is -0.328 e. The summed E-state index contributed by atoms with van der Waals surface area (Å²) in [5.74, 6) is -0.386. The zero-order valence-corrected chi connectivity index (χ0v) is 14.7. The standard InChI is InChI=1S/C20H19FN4O2/c21-14-8-22-19(23-9-14)24-17(26)10-25-11-20(5-6-20)16-7-13(12-1-2-12)3-4-15(16)18(25)27/h3-4,7-9,12H,1-2,5-6,10-11H2,(H,22,23,24,26). The third kappa shape index (κ3) is 2.97. The second kappa shape index (κ2) is 5.84. The van der Waals surface area contributed by atoms with Gasteiger partial charge < -0.3 is 4.90 Å². The van der Waals surface area contributed by atoms with Crippen LogP contribution in [0.1, 0.15) is 53.1 Å². The number of fused-ring (bicyclic) bond motifs is 2. The third-order valence-corrected chi connectivity index (χ3v) is 5.73. The number of aromatic nitrogens is 2. The molecule has 2 aliphatic carbocycles. The third-order valence-electron chi connectivity index (χ3n) is 5.73. The lowest BCUT2D eigenvalue weighted by molar-refractivity contribution is -0.117. The highest BCUT2D eigenvalue weighted by atomic mass is 19.1. The van der Waals surface area contributed by atoms with Crippen molar-refractivity contribution in [3.8, 4) is 0 Å². The van der Waals surface area contributed by atoms with Crippen LogP contribution in [0.25, 0.3) is 0 Å². The van der Waals surface area contributed by atoms with E-state index in [1.165, 1.54) is 18.4 Å². The predicted molar refractivity (Wildman–Crippen MR) is 95.9 cm³/mol. The molecule has 1 aromatic carbocycles. The van der Waals surface area contributed by atoms with Gasteiger partial charge in [0.25, 0.3) is 5.91 Å². The van der Waals surface area contributed by atoms with Crippen LogP contribution >= 0.6 is 0 Å². The Morgan fingerprint density at radius 1 is 1.26 bits per heavy atom. The van der Waals surface area contributed by atoms with Crippen LogP contribution in [0.2, 0.25) is 0 Å². The van der Waals surface area contributed by atoms with E-state index in [9.17, 15) is 14.0 Å². The molecule has 2 heterocycles. The predicted octanol–water partition coefficient (Wildman–Crippen LogP) is 2.62. The summed E-state index contributed by atoms with van der Waals surface area (Å²) >= 11 is 0. The van der Waals surface area contributed by atoms with Crippen molar-refractivity contribution in [1.29, 1.82) is 0 Å². The van der Waals surface area contributed by atoms with Crippen LogP contribution < -0.4 is 5.32 Å². The molecule has 2 fully saturated rings. The van der Waals surface area contributed by atoms with Crippen molar-refractivity contribution < 1.29 is 14.0 Å². The Morgan fingerprint density at radius 2 is 2.00 bits per heavy atom. The first-order valence-corrected chi connectivity index (χ1v) is 9.25. The summed E-state index contributed by atoms with van der Waals surface area (Å²) in [5.41, 5.74) is 3.22. The Morgan fingerprint density at radius 3 is 2.67 bits per heavy atom. The van der Waals surface area contributed by atoms with E-state index >= 15 is 0 Å². The maximum absolute atomic E-state index is 12.9. The Hall–Kier alpha value is -2.83. The minimum absolute atomic E-state index is 0.000792. The summed E-state index contributed by atoms with van der Waals surface area (Å²) in [6.07, 6.45) is 6.53. The van der Waals surface area contributed by atoms with Gasteiger partial charge in [0.1, 0.15) is 6.54 Å². The smallest absolute Gasteiger partial charge is 0.254 e. The molecule has 1 N–H and O–H groups in total. The van der Waals surface area contributed by atoms with Gasteiger partial charge in [0.05, 0.1) is 12.4 Å². The maximum atomic E-state index is 12.9. The molecule has 0 unspecified atom stereocenters. The fourth-order valence-electron chi connectivity index (χ4n) is 3.97. The van der Waals surface area contributed by atoms with Crippen LogP contribution in [-0.2, 0) is 10.2 Å². The van der Waals surface area contributed by atoms with E-state index in [2.05, 4.69) is 27.4 Å². The molecule has 0 radical (unpaired) electrons. The summed E-state index contributed by atoms with van der Waals surface area (Å²) in [6.45, 7) is 0.496. The van der Waals surface area contributed by atoms with Gasteiger partial charge in [-0.05, 0) is 48.8 Å². The van der Waals surface area contributed by atoms with Crippen LogP contribution in [0.15, 0.2) is 30.6 Å². The molecule has 0 saturated heterocycles. The highest BCUT2D eigenvalue weighted by molar-refractivity contribution is 6.01. The average molecular weight is 366 g/mol. The van der Waals surface area contributed by atoms with Gasteiger partial charge in [0.15, 0.2) is 5.82 Å². The fourth-order valence-corrected chi connectivity index (χ4v) is 3.97. The molecular formula is C20H19FN4O2. The second-order valence-electron chi connectivity index (χ2n) is 7.79. The van der Waals surface area contributed by atoms with Crippen LogP contribution in [0, 0.1) is 5.82 Å². The molecule has 2 saturated carbocycles. The zero-order chi connectivity index (χ0) is 18.6. The molecule has 0 bridgehead atoms. The molecule has 27 heavy (non-hydrogen) atoms. The first-order valence-electron chi connectivity index (χ1n) is 9.25. The summed E-state index contributed by atoms with van der Waals surface area (Å²) in [4.78, 5) is 34.3. The van der Waals surface area contributed by atoms with E-state index in [0.29, 0.717) is 18.0 Å². The zero-order valence-electron chi connectivity index (χ0n) is 14.7. The molecule has 1 spiro atoms. The van der Waals surface area contributed by atoms with Gasteiger partial charge in [-0.2, -0.15) is 0 Å². The van der Waals surface area contributed by atoms with Gasteiger partial charge in [0.2, 0.25) is 11.9 Å². The number of hydrogen-bond donors (Lipinski definition) is 1. The maximum Gasteiger partial charge on any atom is 0.254 e. The van der Waals surface area contributed by atoms with Gasteiger partial charge in [0, 0.05) is 17.5 Å². The number of amides is 2. The van der Waals surface area contributed by atoms with Gasteiger partial charge in [-0.25, -0.2) is 14.4 Å². The van der Waals surface area contributed by atoms with Gasteiger partial charge in [-0.3, -0.25) is 14.9 Å². The number of halogens is 1. The lowest BCUT2D eigenvalue weighted by Gasteiger charge is -2.34. The van der Waals surface area contributed by atoms with E-state index in [0.717, 1.165) is 30.8 Å². The normalized spacial score (nSPS) is 19.7. The van der Waals surface area contributed by atoms with E-state index in [-0.39, 0.29) is 29.7 Å². The van der Waals surface area contributed by atoms with Crippen molar-refractivity contribution in [3.05, 3.63) is 53.1 Å².